The first-order chi connectivity index (χ1) is 18.6. The minimum Gasteiger partial charge on any atom is -0.477 e. The van der Waals surface area contributed by atoms with Gasteiger partial charge in [-0.3, -0.25) is 19.0 Å². The highest BCUT2D eigenvalue weighted by molar-refractivity contribution is 7.16. The molecule has 4 aromatic rings. The summed E-state index contributed by atoms with van der Waals surface area (Å²) in [5.74, 6) is -4.25. The molecule has 0 amide bonds. The summed E-state index contributed by atoms with van der Waals surface area (Å²) in [6.07, 6.45) is 0. The third kappa shape index (κ3) is 5.93. The molecule has 0 aliphatic carbocycles. The molecule has 39 heavy (non-hydrogen) atoms. The quantitative estimate of drug-likeness (QED) is 0.219. The second-order valence-corrected chi connectivity index (χ2v) is 10.1. The molecule has 0 bridgehead atoms. The number of pyridine rings is 1. The van der Waals surface area contributed by atoms with Crippen LogP contribution in [-0.2, 0) is 27.4 Å². The highest BCUT2D eigenvalue weighted by Crippen LogP contribution is 2.26. The van der Waals surface area contributed by atoms with Gasteiger partial charge in [0, 0.05) is 10.9 Å². The number of anilines is 1. The van der Waals surface area contributed by atoms with E-state index in [0.29, 0.717) is 8.90 Å². The van der Waals surface area contributed by atoms with Crippen LogP contribution in [-0.4, -0.2) is 50.2 Å². The van der Waals surface area contributed by atoms with Gasteiger partial charge in [-0.2, -0.15) is 9.78 Å². The Morgan fingerprint density at radius 1 is 1.08 bits per heavy atom. The highest BCUT2D eigenvalue weighted by Gasteiger charge is 2.24. The van der Waals surface area contributed by atoms with Gasteiger partial charge in [0.1, 0.15) is 17.2 Å². The molecule has 11 nitrogen and oxygen atoms in total. The van der Waals surface area contributed by atoms with Crippen LogP contribution >= 0.6 is 34.5 Å². The topological polar surface area (TPSA) is 150 Å². The van der Waals surface area contributed by atoms with Crippen LogP contribution in [0.15, 0.2) is 59.4 Å². The summed E-state index contributed by atoms with van der Waals surface area (Å²) in [5, 5.41) is 17.1. The van der Waals surface area contributed by atoms with E-state index in [1.54, 1.807) is 30.3 Å². The Balaban J connectivity index is 1.81. The fourth-order valence-corrected chi connectivity index (χ4v) is 4.85. The maximum atomic E-state index is 13.4. The third-order valence-electron chi connectivity index (χ3n) is 5.46. The molecule has 0 radical (unpaired) electrons. The van der Waals surface area contributed by atoms with Crippen molar-refractivity contribution in [1.82, 2.24) is 14.3 Å². The van der Waals surface area contributed by atoms with Crippen LogP contribution in [0.25, 0.3) is 11.3 Å². The Hall–Kier alpha value is -4.26. The molecule has 0 saturated carbocycles. The van der Waals surface area contributed by atoms with E-state index in [0.717, 1.165) is 22.7 Å². The smallest absolute Gasteiger partial charge is 0.376 e. The highest BCUT2D eigenvalue weighted by atomic mass is 35.5. The van der Waals surface area contributed by atoms with Crippen LogP contribution in [0, 0.1) is 0 Å². The predicted molar refractivity (Wildman–Crippen MR) is 144 cm³/mol. The summed E-state index contributed by atoms with van der Waals surface area (Å²) < 4.78 is 6.61. The lowest BCUT2D eigenvalue weighted by molar-refractivity contribution is -0.151. The third-order valence-corrected chi connectivity index (χ3v) is 7.02. The number of rotatable bonds is 9. The molecule has 3 heterocycles. The van der Waals surface area contributed by atoms with Crippen LogP contribution in [0.3, 0.4) is 0 Å². The van der Waals surface area contributed by atoms with E-state index in [1.165, 1.54) is 29.5 Å². The maximum absolute atomic E-state index is 13.4. The minimum absolute atomic E-state index is 0.00308. The number of methoxy groups -OCH3 is 1. The standard InChI is InChI=1S/C25H18Cl2N4O7S/c1-38-25(37)19(32)12-30-18(24(35)36)8-7-15(22(30)33)17-10-21(28-11-13-6-9-20(27)39-13)31(29-17)23(34)14-4-2-3-5-16(14)26/h2-10,28H,11-12H2,1H3,(H,35,36). The Morgan fingerprint density at radius 2 is 1.82 bits per heavy atom. The molecule has 2 N–H and O–H groups in total. The Bertz CT molecular complexity index is 1670. The number of halogens is 2. The molecule has 4 rings (SSSR count). The number of nitrogens with zero attached hydrogens (tertiary/aromatic N) is 3. The number of benzene rings is 1. The summed E-state index contributed by atoms with van der Waals surface area (Å²) in [4.78, 5) is 63.1. The monoisotopic (exact) mass is 588 g/mol. The van der Waals surface area contributed by atoms with E-state index in [-0.39, 0.29) is 34.2 Å². The number of aromatic nitrogens is 3. The minimum atomic E-state index is -1.49. The number of carbonyl (C=O) groups excluding carboxylic acids is 3. The van der Waals surface area contributed by atoms with E-state index in [9.17, 15) is 29.1 Å². The molecular formula is C25H18Cl2N4O7S. The first-order valence-corrected chi connectivity index (χ1v) is 12.6. The summed E-state index contributed by atoms with van der Waals surface area (Å²) in [7, 11) is 0.985. The average molecular weight is 589 g/mol. The van der Waals surface area contributed by atoms with E-state index in [2.05, 4.69) is 15.2 Å². The van der Waals surface area contributed by atoms with Crippen molar-refractivity contribution in [2.75, 3.05) is 12.4 Å². The Morgan fingerprint density at radius 3 is 2.46 bits per heavy atom. The molecular weight excluding hydrogens is 571 g/mol. The molecule has 1 aromatic carbocycles. The molecule has 0 saturated heterocycles. The zero-order valence-corrected chi connectivity index (χ0v) is 22.3. The average Bonchev–Trinajstić information content (AvgIpc) is 3.53. The molecule has 0 aliphatic heterocycles. The zero-order chi connectivity index (χ0) is 28.3. The van der Waals surface area contributed by atoms with Gasteiger partial charge in [0.25, 0.3) is 17.2 Å². The summed E-state index contributed by atoms with van der Waals surface area (Å²) >= 11 is 13.6. The van der Waals surface area contributed by atoms with E-state index in [4.69, 9.17) is 23.2 Å². The Labute approximate surface area is 234 Å². The second-order valence-electron chi connectivity index (χ2n) is 7.91. The predicted octanol–water partition coefficient (Wildman–Crippen LogP) is 3.82. The van der Waals surface area contributed by atoms with Crippen molar-refractivity contribution >= 4 is 64.0 Å². The number of ketones is 1. The number of hydrogen-bond acceptors (Lipinski definition) is 9. The molecule has 0 unspecified atom stereocenters. The number of carboxylic acids is 1. The van der Waals surface area contributed by atoms with Crippen molar-refractivity contribution in [3.05, 3.63) is 90.4 Å². The fraction of sp³-hybridized carbons (Fsp3) is 0.120. The van der Waals surface area contributed by atoms with Crippen LogP contribution in [0.4, 0.5) is 5.82 Å². The largest absolute Gasteiger partial charge is 0.477 e. The van der Waals surface area contributed by atoms with Gasteiger partial charge in [-0.15, -0.1) is 11.3 Å². The molecule has 0 fully saturated rings. The van der Waals surface area contributed by atoms with Gasteiger partial charge in [0.2, 0.25) is 0 Å². The molecule has 0 atom stereocenters. The van der Waals surface area contributed by atoms with Crippen LogP contribution < -0.4 is 10.9 Å². The first-order valence-electron chi connectivity index (χ1n) is 11.1. The molecule has 0 spiro atoms. The fourth-order valence-electron chi connectivity index (χ4n) is 3.61. The van der Waals surface area contributed by atoms with E-state index >= 15 is 0 Å². The second kappa shape index (κ2) is 11.6. The lowest BCUT2D eigenvalue weighted by Crippen LogP contribution is -2.33. The number of thiophene rings is 1. The number of carbonyl (C=O) groups is 4. The van der Waals surface area contributed by atoms with Crippen molar-refractivity contribution < 1.29 is 29.0 Å². The molecule has 3 aromatic heterocycles. The normalized spacial score (nSPS) is 10.7. The Kier molecular flexibility index (Phi) is 8.29. The maximum Gasteiger partial charge on any atom is 0.376 e. The van der Waals surface area contributed by atoms with E-state index in [1.807, 2.05) is 0 Å². The van der Waals surface area contributed by atoms with Crippen molar-refractivity contribution in [2.45, 2.75) is 13.1 Å². The van der Waals surface area contributed by atoms with Gasteiger partial charge in [0.05, 0.1) is 40.7 Å². The number of nitrogens with one attached hydrogen (secondary N) is 1. The van der Waals surface area contributed by atoms with Gasteiger partial charge >= 0.3 is 11.9 Å². The summed E-state index contributed by atoms with van der Waals surface area (Å²) in [5.41, 5.74) is -1.41. The van der Waals surface area contributed by atoms with Crippen molar-refractivity contribution in [1.29, 1.82) is 0 Å². The molecule has 0 aliphatic rings. The number of ether oxygens (including phenoxy) is 1. The molecule has 200 valence electrons. The number of carboxylic acid groups (broad SMARTS) is 1. The van der Waals surface area contributed by atoms with Gasteiger partial charge < -0.3 is 15.2 Å². The van der Waals surface area contributed by atoms with Crippen molar-refractivity contribution in [3.63, 3.8) is 0 Å². The lowest BCUT2D eigenvalue weighted by Gasteiger charge is -2.10. The van der Waals surface area contributed by atoms with Crippen LogP contribution in [0.1, 0.15) is 25.7 Å². The number of aromatic carboxylic acids is 1. The van der Waals surface area contributed by atoms with Gasteiger partial charge in [-0.25, -0.2) is 9.59 Å². The van der Waals surface area contributed by atoms with Crippen molar-refractivity contribution in [2.24, 2.45) is 0 Å². The number of hydrogen-bond donors (Lipinski definition) is 2. The van der Waals surface area contributed by atoms with E-state index < -0.39 is 41.4 Å². The van der Waals surface area contributed by atoms with Gasteiger partial charge in [-0.05, 0) is 36.4 Å². The zero-order valence-electron chi connectivity index (χ0n) is 20.0. The van der Waals surface area contributed by atoms with Crippen LogP contribution in [0.2, 0.25) is 9.36 Å². The van der Waals surface area contributed by atoms with Gasteiger partial charge in [0.15, 0.2) is 0 Å². The lowest BCUT2D eigenvalue weighted by atomic mass is 10.1. The summed E-state index contributed by atoms with van der Waals surface area (Å²) in [6.45, 7) is -0.599. The molecule has 14 heteroatoms. The number of Topliss-reactive ketones (excluding diaryl/α,β-unsaturated/α-hetero) is 1. The van der Waals surface area contributed by atoms with Crippen LogP contribution in [0.5, 0.6) is 0 Å². The van der Waals surface area contributed by atoms with Gasteiger partial charge in [-0.1, -0.05) is 35.3 Å². The van der Waals surface area contributed by atoms with Crippen molar-refractivity contribution in [3.8, 4) is 11.3 Å². The summed E-state index contributed by atoms with van der Waals surface area (Å²) in [6, 6.07) is 13.6. The SMILES string of the molecule is COC(=O)C(=O)Cn1c(C(=O)O)ccc(-c2cc(NCc3ccc(Cl)s3)n(C(=O)c3ccccc3Cl)n2)c1=O. The number of esters is 1. The first kappa shape index (κ1) is 27.8.